The topological polar surface area (TPSA) is 72.0 Å². The predicted molar refractivity (Wildman–Crippen MR) is 80.0 cm³/mol. The first-order valence-electron chi connectivity index (χ1n) is 5.50. The zero-order valence-electron chi connectivity index (χ0n) is 10.2. The van der Waals surface area contributed by atoms with Gasteiger partial charge in [-0.15, -0.1) is 0 Å². The van der Waals surface area contributed by atoms with E-state index in [9.17, 15) is 8.42 Å². The molecule has 2 aromatic rings. The van der Waals surface area contributed by atoms with Crippen molar-refractivity contribution in [3.63, 3.8) is 0 Å². The fourth-order valence-electron chi connectivity index (χ4n) is 1.38. The van der Waals surface area contributed by atoms with Crippen LogP contribution in [0.25, 0.3) is 0 Å². The van der Waals surface area contributed by atoms with Crippen molar-refractivity contribution in [2.24, 2.45) is 0 Å². The number of sulfonamides is 1. The van der Waals surface area contributed by atoms with E-state index < -0.39 is 10.0 Å². The monoisotopic (exact) mass is 389 g/mol. The smallest absolute Gasteiger partial charge is 0.240 e. The van der Waals surface area contributed by atoms with Crippen molar-refractivity contribution in [2.75, 3.05) is 0 Å². The van der Waals surface area contributed by atoms with Crippen molar-refractivity contribution in [3.8, 4) is 0 Å². The molecule has 0 saturated heterocycles. The molecule has 19 heavy (non-hydrogen) atoms. The first-order valence-corrected chi connectivity index (χ1v) is 8.06. The summed E-state index contributed by atoms with van der Waals surface area (Å²) < 4.78 is 27.5. The molecule has 1 N–H and O–H groups in total. The van der Waals surface area contributed by atoms with E-state index in [1.54, 1.807) is 36.7 Å². The lowest BCUT2D eigenvalue weighted by Crippen LogP contribution is -2.23. The summed E-state index contributed by atoms with van der Waals surface area (Å²) in [6.07, 6.45) is 3.17. The highest BCUT2D eigenvalue weighted by Crippen LogP contribution is 2.12. The lowest BCUT2D eigenvalue weighted by atomic mass is 10.4. The molecule has 0 bridgehead atoms. The molecule has 0 aliphatic rings. The third kappa shape index (κ3) is 3.95. The Balaban J connectivity index is 2.09. The van der Waals surface area contributed by atoms with Crippen LogP contribution >= 0.6 is 22.6 Å². The Bertz CT molecular complexity index is 654. The number of benzene rings is 1. The molecule has 0 unspecified atom stereocenters. The van der Waals surface area contributed by atoms with Crippen LogP contribution in [0.15, 0.2) is 41.6 Å². The highest BCUT2D eigenvalue weighted by molar-refractivity contribution is 14.1. The largest absolute Gasteiger partial charge is 0.258 e. The Morgan fingerprint density at radius 2 is 1.84 bits per heavy atom. The zero-order valence-corrected chi connectivity index (χ0v) is 13.1. The second kappa shape index (κ2) is 5.93. The molecule has 0 atom stereocenters. The summed E-state index contributed by atoms with van der Waals surface area (Å²) in [5.41, 5.74) is 1.38. The number of halogens is 1. The Kier molecular flexibility index (Phi) is 4.48. The summed E-state index contributed by atoms with van der Waals surface area (Å²) in [5, 5.41) is 0. The average Bonchev–Trinajstić information content (AvgIpc) is 2.39. The van der Waals surface area contributed by atoms with Gasteiger partial charge in [0.1, 0.15) is 0 Å². The van der Waals surface area contributed by atoms with Crippen LogP contribution in [-0.2, 0) is 16.6 Å². The zero-order chi connectivity index (χ0) is 13.9. The van der Waals surface area contributed by atoms with Gasteiger partial charge in [-0.2, -0.15) is 0 Å². The van der Waals surface area contributed by atoms with Gasteiger partial charge in [0.15, 0.2) is 0 Å². The molecule has 0 aliphatic heterocycles. The highest BCUT2D eigenvalue weighted by Gasteiger charge is 2.13. The molecule has 100 valence electrons. The van der Waals surface area contributed by atoms with Crippen LogP contribution in [0.5, 0.6) is 0 Å². The van der Waals surface area contributed by atoms with Gasteiger partial charge < -0.3 is 0 Å². The maximum Gasteiger partial charge on any atom is 0.240 e. The van der Waals surface area contributed by atoms with Crippen LogP contribution in [0.1, 0.15) is 11.4 Å². The van der Waals surface area contributed by atoms with Gasteiger partial charge in [-0.05, 0) is 53.8 Å². The Hall–Kier alpha value is -1.06. The molecule has 0 fully saturated rings. The number of rotatable bonds is 4. The maximum absolute atomic E-state index is 12.0. The third-order valence-corrected chi connectivity index (χ3v) is 4.54. The fourth-order valence-corrected chi connectivity index (χ4v) is 2.74. The second-order valence-corrected chi connectivity index (χ2v) is 6.94. The standard InChI is InChI=1S/C12H12IN3O2S/c1-9-6-15-11(7-14-9)8-16-19(17,18)12-4-2-10(13)3-5-12/h2-7,16H,8H2,1H3. The van der Waals surface area contributed by atoms with E-state index in [2.05, 4.69) is 37.3 Å². The van der Waals surface area contributed by atoms with Crippen LogP contribution in [0.3, 0.4) is 0 Å². The van der Waals surface area contributed by atoms with Gasteiger partial charge >= 0.3 is 0 Å². The van der Waals surface area contributed by atoms with Crippen LogP contribution in [0.4, 0.5) is 0 Å². The molecule has 7 heteroatoms. The molecule has 2 rings (SSSR count). The van der Waals surface area contributed by atoms with Crippen LogP contribution in [0.2, 0.25) is 0 Å². The molecule has 0 radical (unpaired) electrons. The van der Waals surface area contributed by atoms with Gasteiger partial charge in [-0.3, -0.25) is 9.97 Å². The van der Waals surface area contributed by atoms with Gasteiger partial charge in [0.2, 0.25) is 10.0 Å². The van der Waals surface area contributed by atoms with E-state index in [4.69, 9.17) is 0 Å². The van der Waals surface area contributed by atoms with Gasteiger partial charge in [0.05, 0.1) is 29.0 Å². The Labute approximate surface area is 125 Å². The minimum atomic E-state index is -3.51. The minimum Gasteiger partial charge on any atom is -0.258 e. The van der Waals surface area contributed by atoms with Crippen LogP contribution < -0.4 is 4.72 Å². The summed E-state index contributed by atoms with van der Waals surface area (Å²) in [4.78, 5) is 8.41. The molecule has 0 spiro atoms. The Morgan fingerprint density at radius 1 is 1.16 bits per heavy atom. The summed E-state index contributed by atoms with van der Waals surface area (Å²) in [5.74, 6) is 0. The van der Waals surface area contributed by atoms with Gasteiger partial charge in [-0.25, -0.2) is 13.1 Å². The van der Waals surface area contributed by atoms with Crippen molar-refractivity contribution < 1.29 is 8.42 Å². The molecule has 1 aromatic carbocycles. The Morgan fingerprint density at radius 3 is 2.42 bits per heavy atom. The average molecular weight is 389 g/mol. The molecule has 5 nitrogen and oxygen atoms in total. The third-order valence-electron chi connectivity index (χ3n) is 2.40. The minimum absolute atomic E-state index is 0.127. The molecular weight excluding hydrogens is 377 g/mol. The van der Waals surface area contributed by atoms with Gasteiger partial charge in [0, 0.05) is 9.77 Å². The van der Waals surface area contributed by atoms with Crippen molar-refractivity contribution in [3.05, 3.63) is 51.6 Å². The van der Waals surface area contributed by atoms with Crippen molar-refractivity contribution >= 4 is 32.6 Å². The summed E-state index contributed by atoms with van der Waals surface area (Å²) in [6.45, 7) is 1.95. The molecule has 1 aromatic heterocycles. The number of nitrogens with one attached hydrogen (secondary N) is 1. The van der Waals surface area contributed by atoms with Gasteiger partial charge in [-0.1, -0.05) is 0 Å². The lowest BCUT2D eigenvalue weighted by molar-refractivity contribution is 0.580. The quantitative estimate of drug-likeness (QED) is 0.811. The lowest BCUT2D eigenvalue weighted by Gasteiger charge is -2.06. The van der Waals surface area contributed by atoms with Crippen molar-refractivity contribution in [1.82, 2.24) is 14.7 Å². The summed E-state index contributed by atoms with van der Waals surface area (Å²) in [7, 11) is -3.51. The number of aryl methyl sites for hydroxylation is 1. The SMILES string of the molecule is Cc1cnc(CNS(=O)(=O)c2ccc(I)cc2)cn1. The van der Waals surface area contributed by atoms with Crippen molar-refractivity contribution in [2.45, 2.75) is 18.4 Å². The van der Waals surface area contributed by atoms with Crippen molar-refractivity contribution in [1.29, 1.82) is 0 Å². The number of hydrogen-bond donors (Lipinski definition) is 1. The van der Waals surface area contributed by atoms with E-state index in [1.165, 1.54) is 0 Å². The molecular formula is C12H12IN3O2S. The number of nitrogens with zero attached hydrogens (tertiary/aromatic N) is 2. The number of hydrogen-bond acceptors (Lipinski definition) is 4. The molecule has 0 amide bonds. The summed E-state index contributed by atoms with van der Waals surface area (Å²) >= 11 is 2.12. The molecule has 1 heterocycles. The highest BCUT2D eigenvalue weighted by atomic mass is 127. The fraction of sp³-hybridized carbons (Fsp3) is 0.167. The second-order valence-electron chi connectivity index (χ2n) is 3.93. The van der Waals surface area contributed by atoms with E-state index in [-0.39, 0.29) is 11.4 Å². The first-order chi connectivity index (χ1) is 8.97. The predicted octanol–water partition coefficient (Wildman–Crippen LogP) is 1.87. The normalized spacial score (nSPS) is 11.5. The van der Waals surface area contributed by atoms with E-state index in [0.717, 1.165) is 9.26 Å². The van der Waals surface area contributed by atoms with Crippen LogP contribution in [-0.4, -0.2) is 18.4 Å². The van der Waals surface area contributed by atoms with E-state index in [1.807, 2.05) is 6.92 Å². The number of aromatic nitrogens is 2. The first kappa shape index (κ1) is 14.4. The summed E-state index contributed by atoms with van der Waals surface area (Å²) in [6, 6.07) is 6.65. The van der Waals surface area contributed by atoms with Gasteiger partial charge in [0.25, 0.3) is 0 Å². The van der Waals surface area contributed by atoms with E-state index >= 15 is 0 Å². The van der Waals surface area contributed by atoms with E-state index in [0.29, 0.717) is 5.69 Å². The van der Waals surface area contributed by atoms with Crippen LogP contribution in [0, 0.1) is 10.5 Å². The molecule has 0 aliphatic carbocycles. The molecule has 0 saturated carbocycles. The maximum atomic E-state index is 12.0.